The molecule has 0 spiro atoms. The fourth-order valence-electron chi connectivity index (χ4n) is 1.93. The standard InChI is InChI=1S/C11H13F3N2O/c12-11(13,14)10(17)5-6-16(7-10)9-3-1-8(15)2-4-9/h1-4,17H,5-7,15H2. The molecule has 6 heteroatoms. The number of nitrogen functional groups attached to an aromatic ring is 1. The van der Waals surface area contributed by atoms with Gasteiger partial charge in [0.2, 0.25) is 0 Å². The van der Waals surface area contributed by atoms with Crippen molar-refractivity contribution < 1.29 is 18.3 Å². The second kappa shape index (κ2) is 3.80. The first-order valence-electron chi connectivity index (χ1n) is 5.21. The Kier molecular flexibility index (Phi) is 2.69. The van der Waals surface area contributed by atoms with Crippen molar-refractivity contribution in [1.29, 1.82) is 0 Å². The summed E-state index contributed by atoms with van der Waals surface area (Å²) in [5, 5.41) is 9.52. The number of benzene rings is 1. The van der Waals surface area contributed by atoms with Gasteiger partial charge < -0.3 is 15.7 Å². The van der Waals surface area contributed by atoms with Crippen LogP contribution in [0.3, 0.4) is 0 Å². The van der Waals surface area contributed by atoms with Crippen LogP contribution in [0.2, 0.25) is 0 Å². The Morgan fingerprint density at radius 2 is 1.82 bits per heavy atom. The van der Waals surface area contributed by atoms with E-state index in [9.17, 15) is 18.3 Å². The predicted octanol–water partition coefficient (Wildman–Crippen LogP) is 1.77. The molecule has 1 aliphatic heterocycles. The summed E-state index contributed by atoms with van der Waals surface area (Å²) < 4.78 is 37.8. The van der Waals surface area contributed by atoms with E-state index in [1.807, 2.05) is 0 Å². The van der Waals surface area contributed by atoms with Crippen LogP contribution in [0.15, 0.2) is 24.3 Å². The number of nitrogens with zero attached hydrogens (tertiary/aromatic N) is 1. The molecule has 0 saturated carbocycles. The second-order valence-corrected chi connectivity index (χ2v) is 4.29. The molecular formula is C11H13F3N2O. The van der Waals surface area contributed by atoms with Gasteiger partial charge in [-0.3, -0.25) is 0 Å². The molecule has 0 aromatic heterocycles. The Morgan fingerprint density at radius 3 is 2.29 bits per heavy atom. The zero-order chi connectivity index (χ0) is 12.7. The van der Waals surface area contributed by atoms with Gasteiger partial charge in [-0.1, -0.05) is 0 Å². The first-order chi connectivity index (χ1) is 7.82. The van der Waals surface area contributed by atoms with Gasteiger partial charge in [0.05, 0.1) is 6.54 Å². The van der Waals surface area contributed by atoms with Crippen LogP contribution in [0.5, 0.6) is 0 Å². The molecule has 1 unspecified atom stereocenters. The van der Waals surface area contributed by atoms with E-state index in [-0.39, 0.29) is 13.0 Å². The highest BCUT2D eigenvalue weighted by atomic mass is 19.4. The lowest BCUT2D eigenvalue weighted by molar-refractivity contribution is -0.250. The van der Waals surface area contributed by atoms with Crippen molar-refractivity contribution in [1.82, 2.24) is 0 Å². The van der Waals surface area contributed by atoms with Crippen molar-refractivity contribution in [3.63, 3.8) is 0 Å². The number of aliphatic hydroxyl groups is 1. The second-order valence-electron chi connectivity index (χ2n) is 4.29. The van der Waals surface area contributed by atoms with Gasteiger partial charge in [-0.25, -0.2) is 0 Å². The van der Waals surface area contributed by atoms with Crippen LogP contribution >= 0.6 is 0 Å². The quantitative estimate of drug-likeness (QED) is 0.742. The van der Waals surface area contributed by atoms with Crippen LogP contribution in [0.25, 0.3) is 0 Å². The maximum absolute atomic E-state index is 12.6. The minimum atomic E-state index is -4.59. The lowest BCUT2D eigenvalue weighted by atomic mass is 10.0. The average Bonchev–Trinajstić information content (AvgIpc) is 2.63. The van der Waals surface area contributed by atoms with Gasteiger partial charge in [0.25, 0.3) is 0 Å². The monoisotopic (exact) mass is 246 g/mol. The molecule has 3 N–H and O–H groups in total. The zero-order valence-corrected chi connectivity index (χ0v) is 9.04. The zero-order valence-electron chi connectivity index (χ0n) is 9.04. The molecule has 94 valence electrons. The van der Waals surface area contributed by atoms with Crippen LogP contribution in [0.1, 0.15) is 6.42 Å². The van der Waals surface area contributed by atoms with E-state index in [1.54, 1.807) is 24.3 Å². The van der Waals surface area contributed by atoms with E-state index in [0.717, 1.165) is 0 Å². The summed E-state index contributed by atoms with van der Waals surface area (Å²) in [5.41, 5.74) is 4.09. The minimum absolute atomic E-state index is 0.180. The van der Waals surface area contributed by atoms with Gasteiger partial charge in [0, 0.05) is 24.3 Å². The Balaban J connectivity index is 2.15. The molecule has 1 aliphatic rings. The highest BCUT2D eigenvalue weighted by Gasteiger charge is 2.57. The van der Waals surface area contributed by atoms with Gasteiger partial charge in [-0.15, -0.1) is 0 Å². The van der Waals surface area contributed by atoms with Crippen molar-refractivity contribution >= 4 is 11.4 Å². The maximum atomic E-state index is 12.6. The number of halogens is 3. The molecule has 1 heterocycles. The van der Waals surface area contributed by atoms with Crippen molar-refractivity contribution in [2.45, 2.75) is 18.2 Å². The van der Waals surface area contributed by atoms with Gasteiger partial charge >= 0.3 is 6.18 Å². The van der Waals surface area contributed by atoms with Crippen molar-refractivity contribution in [2.24, 2.45) is 0 Å². The van der Waals surface area contributed by atoms with Crippen LogP contribution in [-0.2, 0) is 0 Å². The molecule has 1 fully saturated rings. The van der Waals surface area contributed by atoms with Crippen molar-refractivity contribution in [2.75, 3.05) is 23.7 Å². The normalized spacial score (nSPS) is 25.3. The van der Waals surface area contributed by atoms with Crippen LogP contribution < -0.4 is 10.6 Å². The molecule has 2 rings (SSSR count). The van der Waals surface area contributed by atoms with E-state index in [2.05, 4.69) is 0 Å². The number of hydrogen-bond donors (Lipinski definition) is 2. The maximum Gasteiger partial charge on any atom is 0.418 e. The SMILES string of the molecule is Nc1ccc(N2CCC(O)(C(F)(F)F)C2)cc1. The number of rotatable bonds is 1. The van der Waals surface area contributed by atoms with Crippen molar-refractivity contribution in [3.8, 4) is 0 Å². The molecule has 0 aliphatic carbocycles. The van der Waals surface area contributed by atoms with Gasteiger partial charge in [-0.2, -0.15) is 13.2 Å². The summed E-state index contributed by atoms with van der Waals surface area (Å²) in [6, 6.07) is 6.55. The van der Waals surface area contributed by atoms with E-state index in [1.165, 1.54) is 4.90 Å². The molecule has 0 amide bonds. The summed E-state index contributed by atoms with van der Waals surface area (Å²) in [6.45, 7) is -0.250. The summed E-state index contributed by atoms with van der Waals surface area (Å²) in [7, 11) is 0. The third-order valence-corrected chi connectivity index (χ3v) is 3.03. The average molecular weight is 246 g/mol. The highest BCUT2D eigenvalue weighted by Crippen LogP contribution is 2.39. The summed E-state index contributed by atoms with van der Waals surface area (Å²) in [6.07, 6.45) is -4.89. The Hall–Kier alpha value is -1.43. The van der Waals surface area contributed by atoms with E-state index < -0.39 is 18.3 Å². The molecule has 1 saturated heterocycles. The summed E-state index contributed by atoms with van der Waals surface area (Å²) >= 11 is 0. The minimum Gasteiger partial charge on any atom is -0.399 e. The number of nitrogens with two attached hydrogens (primary N) is 1. The molecule has 0 bridgehead atoms. The number of alkyl halides is 3. The van der Waals surface area contributed by atoms with E-state index in [4.69, 9.17) is 5.73 Å². The molecular weight excluding hydrogens is 233 g/mol. The molecule has 17 heavy (non-hydrogen) atoms. The first-order valence-corrected chi connectivity index (χ1v) is 5.21. The first kappa shape index (κ1) is 12.0. The fraction of sp³-hybridized carbons (Fsp3) is 0.455. The fourth-order valence-corrected chi connectivity index (χ4v) is 1.93. The van der Waals surface area contributed by atoms with Crippen LogP contribution in [0.4, 0.5) is 24.5 Å². The molecule has 1 atom stereocenters. The Bertz CT molecular complexity index is 404. The van der Waals surface area contributed by atoms with Gasteiger partial charge in [0.15, 0.2) is 5.60 Å². The van der Waals surface area contributed by atoms with Crippen LogP contribution in [0, 0.1) is 0 Å². The number of hydrogen-bond acceptors (Lipinski definition) is 3. The van der Waals surface area contributed by atoms with E-state index >= 15 is 0 Å². The molecule has 3 nitrogen and oxygen atoms in total. The lowest BCUT2D eigenvalue weighted by Crippen LogP contribution is -2.47. The Labute approximate surface area is 96.6 Å². The topological polar surface area (TPSA) is 49.5 Å². The summed E-state index contributed by atoms with van der Waals surface area (Å²) in [4.78, 5) is 1.51. The highest BCUT2D eigenvalue weighted by molar-refractivity contribution is 5.54. The Morgan fingerprint density at radius 1 is 1.24 bits per heavy atom. The third-order valence-electron chi connectivity index (χ3n) is 3.03. The lowest BCUT2D eigenvalue weighted by Gasteiger charge is -2.26. The van der Waals surface area contributed by atoms with Crippen molar-refractivity contribution in [3.05, 3.63) is 24.3 Å². The van der Waals surface area contributed by atoms with Crippen LogP contribution in [-0.4, -0.2) is 30.0 Å². The predicted molar refractivity (Wildman–Crippen MR) is 58.7 cm³/mol. The molecule has 0 radical (unpaired) electrons. The number of β-amino-alcohol motifs (C(OH)–C–C–N with tert-alkyl or cyclic N) is 1. The molecule has 1 aromatic carbocycles. The van der Waals surface area contributed by atoms with Gasteiger partial charge in [0.1, 0.15) is 0 Å². The smallest absolute Gasteiger partial charge is 0.399 e. The number of anilines is 2. The largest absolute Gasteiger partial charge is 0.418 e. The third kappa shape index (κ3) is 2.17. The molecule has 1 aromatic rings. The summed E-state index contributed by atoms with van der Waals surface area (Å²) in [5.74, 6) is 0. The van der Waals surface area contributed by atoms with E-state index in [0.29, 0.717) is 11.4 Å². The van der Waals surface area contributed by atoms with Gasteiger partial charge in [-0.05, 0) is 24.3 Å².